The van der Waals surface area contributed by atoms with Gasteiger partial charge in [-0.1, -0.05) is 28.1 Å². The van der Waals surface area contributed by atoms with Crippen molar-refractivity contribution in [1.82, 2.24) is 9.38 Å². The number of fused-ring (bicyclic) bond motifs is 1. The molecule has 18 heavy (non-hydrogen) atoms. The lowest BCUT2D eigenvalue weighted by Gasteiger charge is -1.95. The molecular formula is C14H8BrN3. The summed E-state index contributed by atoms with van der Waals surface area (Å²) in [7, 11) is 0. The van der Waals surface area contributed by atoms with Gasteiger partial charge in [-0.05, 0) is 24.3 Å². The summed E-state index contributed by atoms with van der Waals surface area (Å²) in [6, 6.07) is 13.7. The van der Waals surface area contributed by atoms with Gasteiger partial charge in [0.15, 0.2) is 0 Å². The van der Waals surface area contributed by atoms with E-state index in [1.165, 1.54) is 0 Å². The fourth-order valence-electron chi connectivity index (χ4n) is 1.81. The van der Waals surface area contributed by atoms with Crippen molar-refractivity contribution in [2.75, 3.05) is 0 Å². The molecule has 0 aliphatic carbocycles. The van der Waals surface area contributed by atoms with E-state index in [9.17, 15) is 0 Å². The molecule has 0 unspecified atom stereocenters. The molecule has 2 heterocycles. The number of hydrogen-bond donors (Lipinski definition) is 0. The normalized spacial score (nSPS) is 10.4. The van der Waals surface area contributed by atoms with Gasteiger partial charge >= 0.3 is 0 Å². The summed E-state index contributed by atoms with van der Waals surface area (Å²) < 4.78 is 2.96. The Labute approximate surface area is 112 Å². The van der Waals surface area contributed by atoms with E-state index in [4.69, 9.17) is 5.26 Å². The van der Waals surface area contributed by atoms with Crippen LogP contribution in [0.3, 0.4) is 0 Å². The molecule has 0 spiro atoms. The Hall–Kier alpha value is -2.12. The maximum atomic E-state index is 8.86. The Morgan fingerprint density at radius 3 is 2.67 bits per heavy atom. The van der Waals surface area contributed by atoms with Crippen LogP contribution in [0.4, 0.5) is 0 Å². The second-order valence-corrected chi connectivity index (χ2v) is 4.84. The molecule has 0 saturated heterocycles. The summed E-state index contributed by atoms with van der Waals surface area (Å²) in [5.74, 6) is 0. The van der Waals surface area contributed by atoms with E-state index in [0.717, 1.165) is 21.4 Å². The molecule has 2 aromatic heterocycles. The number of hydrogen-bond acceptors (Lipinski definition) is 2. The van der Waals surface area contributed by atoms with E-state index >= 15 is 0 Å². The highest BCUT2D eigenvalue weighted by molar-refractivity contribution is 9.10. The number of imidazole rings is 1. The number of pyridine rings is 1. The van der Waals surface area contributed by atoms with Crippen molar-refractivity contribution in [3.05, 3.63) is 58.8 Å². The summed E-state index contributed by atoms with van der Waals surface area (Å²) in [6.45, 7) is 0. The van der Waals surface area contributed by atoms with Crippen molar-refractivity contribution in [3.8, 4) is 17.3 Å². The summed E-state index contributed by atoms with van der Waals surface area (Å²) >= 11 is 3.41. The van der Waals surface area contributed by atoms with E-state index in [2.05, 4.69) is 27.0 Å². The summed E-state index contributed by atoms with van der Waals surface area (Å²) in [6.07, 6.45) is 3.81. The molecule has 0 fully saturated rings. The van der Waals surface area contributed by atoms with Crippen molar-refractivity contribution >= 4 is 21.6 Å². The highest BCUT2D eigenvalue weighted by atomic mass is 79.9. The molecule has 1 aromatic carbocycles. The van der Waals surface area contributed by atoms with E-state index in [1.807, 2.05) is 41.1 Å². The number of rotatable bonds is 1. The molecule has 0 radical (unpaired) electrons. The van der Waals surface area contributed by atoms with Gasteiger partial charge in [-0.15, -0.1) is 0 Å². The molecule has 0 saturated carbocycles. The minimum absolute atomic E-state index is 0.621. The highest BCUT2D eigenvalue weighted by Gasteiger charge is 2.04. The third-order valence-corrected chi connectivity index (χ3v) is 3.26. The quantitative estimate of drug-likeness (QED) is 0.688. The van der Waals surface area contributed by atoms with Crippen LogP contribution in [0.2, 0.25) is 0 Å². The predicted molar refractivity (Wildman–Crippen MR) is 73.0 cm³/mol. The summed E-state index contributed by atoms with van der Waals surface area (Å²) in [5.41, 5.74) is 3.36. The van der Waals surface area contributed by atoms with Crippen LogP contribution in [-0.4, -0.2) is 9.38 Å². The highest BCUT2D eigenvalue weighted by Crippen LogP contribution is 2.21. The Morgan fingerprint density at radius 1 is 1.17 bits per heavy atom. The standard InChI is InChI=1S/C14H8BrN3/c15-12-3-1-11(2-4-12)13-9-18-6-5-10(8-16)7-14(18)17-13/h1-7,9H. The van der Waals surface area contributed by atoms with Crippen molar-refractivity contribution in [2.45, 2.75) is 0 Å². The van der Waals surface area contributed by atoms with Crippen LogP contribution in [0.5, 0.6) is 0 Å². The largest absolute Gasteiger partial charge is 0.306 e. The lowest BCUT2D eigenvalue weighted by atomic mass is 10.2. The van der Waals surface area contributed by atoms with Gasteiger partial charge in [0.1, 0.15) is 5.65 Å². The molecule has 3 aromatic rings. The van der Waals surface area contributed by atoms with Gasteiger partial charge in [-0.25, -0.2) is 4.98 Å². The second-order valence-electron chi connectivity index (χ2n) is 3.93. The number of nitriles is 1. The van der Waals surface area contributed by atoms with Crippen LogP contribution in [0.15, 0.2) is 53.3 Å². The minimum Gasteiger partial charge on any atom is -0.306 e. The first-order valence-corrected chi connectivity index (χ1v) is 6.20. The smallest absolute Gasteiger partial charge is 0.138 e. The molecule has 3 nitrogen and oxygen atoms in total. The van der Waals surface area contributed by atoms with Crippen LogP contribution in [0, 0.1) is 11.3 Å². The predicted octanol–water partition coefficient (Wildman–Crippen LogP) is 3.64. The number of halogens is 1. The maximum Gasteiger partial charge on any atom is 0.138 e. The first-order valence-electron chi connectivity index (χ1n) is 5.41. The van der Waals surface area contributed by atoms with Crippen LogP contribution in [-0.2, 0) is 0 Å². The fraction of sp³-hybridized carbons (Fsp3) is 0. The van der Waals surface area contributed by atoms with E-state index in [1.54, 1.807) is 12.1 Å². The van der Waals surface area contributed by atoms with Gasteiger partial charge in [-0.2, -0.15) is 5.26 Å². The average Bonchev–Trinajstić information content (AvgIpc) is 2.82. The molecule has 0 aliphatic heterocycles. The average molecular weight is 298 g/mol. The monoisotopic (exact) mass is 297 g/mol. The van der Waals surface area contributed by atoms with Crippen LogP contribution in [0.1, 0.15) is 5.56 Å². The molecule has 0 bridgehead atoms. The van der Waals surface area contributed by atoms with Crippen LogP contribution >= 0.6 is 15.9 Å². The SMILES string of the molecule is N#Cc1ccn2cc(-c3ccc(Br)cc3)nc2c1. The Morgan fingerprint density at radius 2 is 1.94 bits per heavy atom. The molecule has 0 amide bonds. The molecule has 0 N–H and O–H groups in total. The first-order chi connectivity index (χ1) is 8.76. The summed E-state index contributed by atoms with van der Waals surface area (Å²) in [4.78, 5) is 4.52. The third-order valence-electron chi connectivity index (χ3n) is 2.73. The zero-order valence-corrected chi connectivity index (χ0v) is 10.9. The van der Waals surface area contributed by atoms with Gasteiger partial charge in [0, 0.05) is 22.4 Å². The second kappa shape index (κ2) is 4.28. The number of nitrogens with zero attached hydrogens (tertiary/aromatic N) is 3. The van der Waals surface area contributed by atoms with Gasteiger partial charge in [-0.3, -0.25) is 0 Å². The molecular weight excluding hydrogens is 290 g/mol. The Kier molecular flexibility index (Phi) is 2.62. The van der Waals surface area contributed by atoms with Gasteiger partial charge in [0.2, 0.25) is 0 Å². The number of aromatic nitrogens is 2. The zero-order chi connectivity index (χ0) is 12.5. The molecule has 86 valence electrons. The van der Waals surface area contributed by atoms with Crippen molar-refractivity contribution in [2.24, 2.45) is 0 Å². The first kappa shape index (κ1) is 11.0. The van der Waals surface area contributed by atoms with E-state index in [0.29, 0.717) is 5.56 Å². The summed E-state index contributed by atoms with van der Waals surface area (Å²) in [5, 5.41) is 8.86. The van der Waals surface area contributed by atoms with Crippen LogP contribution < -0.4 is 0 Å². The van der Waals surface area contributed by atoms with Crippen molar-refractivity contribution < 1.29 is 0 Å². The molecule has 4 heteroatoms. The van der Waals surface area contributed by atoms with Crippen molar-refractivity contribution in [3.63, 3.8) is 0 Å². The van der Waals surface area contributed by atoms with E-state index in [-0.39, 0.29) is 0 Å². The maximum absolute atomic E-state index is 8.86. The Balaban J connectivity index is 2.13. The number of benzene rings is 1. The molecule has 0 atom stereocenters. The fourth-order valence-corrected chi connectivity index (χ4v) is 2.08. The zero-order valence-electron chi connectivity index (χ0n) is 9.34. The van der Waals surface area contributed by atoms with E-state index < -0.39 is 0 Å². The van der Waals surface area contributed by atoms with Gasteiger partial charge in [0.25, 0.3) is 0 Å². The topological polar surface area (TPSA) is 41.1 Å². The minimum atomic E-state index is 0.621. The Bertz CT molecular complexity index is 751. The third kappa shape index (κ3) is 1.89. The van der Waals surface area contributed by atoms with Gasteiger partial charge < -0.3 is 4.40 Å². The van der Waals surface area contributed by atoms with Crippen molar-refractivity contribution in [1.29, 1.82) is 5.26 Å². The molecule has 0 aliphatic rings. The lowest BCUT2D eigenvalue weighted by molar-refractivity contribution is 1.18. The van der Waals surface area contributed by atoms with Gasteiger partial charge in [0.05, 0.1) is 17.3 Å². The van der Waals surface area contributed by atoms with Crippen LogP contribution in [0.25, 0.3) is 16.9 Å². The molecule has 3 rings (SSSR count). The lowest BCUT2D eigenvalue weighted by Crippen LogP contribution is -1.82.